The highest BCUT2D eigenvalue weighted by Gasteiger charge is 2.29. The van der Waals surface area contributed by atoms with Gasteiger partial charge in [0.05, 0.1) is 40.5 Å². The Morgan fingerprint density at radius 1 is 1.13 bits per heavy atom. The number of anilines is 1. The molecule has 1 aliphatic carbocycles. The lowest BCUT2D eigenvalue weighted by atomic mass is 10.1. The molecule has 1 heterocycles. The lowest BCUT2D eigenvalue weighted by Crippen LogP contribution is -2.15. The number of aliphatic hydroxyl groups is 2. The van der Waals surface area contributed by atoms with Crippen molar-refractivity contribution in [3.8, 4) is 0 Å². The summed E-state index contributed by atoms with van der Waals surface area (Å²) in [5.41, 5.74) is 2.47. The van der Waals surface area contributed by atoms with Gasteiger partial charge in [0.2, 0.25) is 5.91 Å². The molecule has 30 heavy (non-hydrogen) atoms. The Hall–Kier alpha value is -2.33. The predicted molar refractivity (Wildman–Crippen MR) is 115 cm³/mol. The number of fused-ring (bicyclic) bond motifs is 1. The molecule has 3 N–H and O–H groups in total. The Bertz CT molecular complexity index is 1160. The molecule has 4 rings (SSSR count). The summed E-state index contributed by atoms with van der Waals surface area (Å²) in [5, 5.41) is 22.0. The zero-order valence-electron chi connectivity index (χ0n) is 16.2. The minimum absolute atomic E-state index is 0.0342. The van der Waals surface area contributed by atoms with E-state index >= 15 is 0 Å². The molecule has 1 fully saturated rings. The van der Waals surface area contributed by atoms with Gasteiger partial charge in [-0.3, -0.25) is 4.79 Å². The molecule has 1 aliphatic rings. The van der Waals surface area contributed by atoms with Crippen LogP contribution in [0.3, 0.4) is 0 Å². The summed E-state index contributed by atoms with van der Waals surface area (Å²) in [6, 6.07) is 9.98. The normalized spacial score (nSPS) is 14.2. The van der Waals surface area contributed by atoms with Crippen LogP contribution in [0.4, 0.5) is 5.13 Å². The van der Waals surface area contributed by atoms with E-state index in [0.717, 1.165) is 17.5 Å². The smallest absolute Gasteiger partial charge is 0.230 e. The first kappa shape index (κ1) is 20.9. The molecule has 1 amide bonds. The van der Waals surface area contributed by atoms with Crippen LogP contribution in [0.1, 0.15) is 29.5 Å². The zero-order valence-corrected chi connectivity index (χ0v) is 17.8. The van der Waals surface area contributed by atoms with Crippen LogP contribution in [0.5, 0.6) is 0 Å². The number of rotatable bonds is 8. The Kier molecular flexibility index (Phi) is 5.88. The molecule has 0 spiro atoms. The van der Waals surface area contributed by atoms with E-state index in [0.29, 0.717) is 27.3 Å². The maximum absolute atomic E-state index is 12.5. The van der Waals surface area contributed by atoms with Gasteiger partial charge in [-0.05, 0) is 59.7 Å². The number of thiazole rings is 1. The number of carbonyl (C=O) groups excluding carboxylic acids is 1. The van der Waals surface area contributed by atoms with Gasteiger partial charge in [-0.2, -0.15) is 0 Å². The van der Waals surface area contributed by atoms with E-state index in [9.17, 15) is 23.4 Å². The first-order valence-corrected chi connectivity index (χ1v) is 12.1. The number of hydrogen-bond acceptors (Lipinski definition) is 7. The molecule has 0 radical (unpaired) electrons. The summed E-state index contributed by atoms with van der Waals surface area (Å²) in [7, 11) is -3.33. The second-order valence-electron chi connectivity index (χ2n) is 7.52. The Morgan fingerprint density at radius 2 is 1.87 bits per heavy atom. The van der Waals surface area contributed by atoms with Crippen molar-refractivity contribution in [2.75, 3.05) is 11.1 Å². The van der Waals surface area contributed by atoms with Gasteiger partial charge in [0.15, 0.2) is 15.0 Å². The number of sulfone groups is 1. The number of benzene rings is 2. The van der Waals surface area contributed by atoms with E-state index in [-0.39, 0.29) is 42.1 Å². The fourth-order valence-corrected chi connectivity index (χ4v) is 5.99. The van der Waals surface area contributed by atoms with Crippen molar-refractivity contribution >= 4 is 42.4 Å². The molecular formula is C21H22N2O5S2. The number of hydrogen-bond donors (Lipinski definition) is 3. The van der Waals surface area contributed by atoms with Gasteiger partial charge in [0, 0.05) is 0 Å². The highest BCUT2D eigenvalue weighted by Crippen LogP contribution is 2.32. The van der Waals surface area contributed by atoms with E-state index in [1.807, 2.05) is 0 Å². The molecule has 1 saturated carbocycles. The molecule has 1 aromatic heterocycles. The Labute approximate surface area is 178 Å². The molecular weight excluding hydrogens is 424 g/mol. The van der Waals surface area contributed by atoms with Crippen LogP contribution in [-0.2, 0) is 34.3 Å². The van der Waals surface area contributed by atoms with E-state index in [4.69, 9.17) is 0 Å². The summed E-state index contributed by atoms with van der Waals surface area (Å²) in [6.07, 6.45) is 1.96. The number of aromatic nitrogens is 1. The topological polar surface area (TPSA) is 117 Å². The number of carbonyl (C=O) groups is 1. The Balaban J connectivity index is 1.47. The van der Waals surface area contributed by atoms with Crippen molar-refractivity contribution in [3.05, 3.63) is 53.1 Å². The lowest BCUT2D eigenvalue weighted by Gasteiger charge is -2.06. The van der Waals surface area contributed by atoms with Crippen molar-refractivity contribution in [1.29, 1.82) is 0 Å². The van der Waals surface area contributed by atoms with Crippen molar-refractivity contribution in [1.82, 2.24) is 4.98 Å². The van der Waals surface area contributed by atoms with E-state index in [1.54, 1.807) is 36.4 Å². The van der Waals surface area contributed by atoms with Gasteiger partial charge >= 0.3 is 0 Å². The summed E-state index contributed by atoms with van der Waals surface area (Å²) < 4.78 is 25.7. The van der Waals surface area contributed by atoms with Crippen molar-refractivity contribution in [3.63, 3.8) is 0 Å². The largest absolute Gasteiger partial charge is 0.392 e. The third-order valence-electron chi connectivity index (χ3n) is 5.07. The quantitative estimate of drug-likeness (QED) is 0.490. The molecule has 3 aromatic rings. The van der Waals surface area contributed by atoms with Crippen LogP contribution >= 0.6 is 11.3 Å². The van der Waals surface area contributed by atoms with E-state index < -0.39 is 9.84 Å². The average Bonchev–Trinajstić information content (AvgIpc) is 3.43. The van der Waals surface area contributed by atoms with Crippen molar-refractivity contribution < 1.29 is 23.4 Å². The first-order chi connectivity index (χ1) is 14.4. The number of amides is 1. The zero-order chi connectivity index (χ0) is 21.3. The summed E-state index contributed by atoms with van der Waals surface area (Å²) in [6.45, 7) is -0.392. The average molecular weight is 447 g/mol. The third-order valence-corrected chi connectivity index (χ3v) is 7.89. The Morgan fingerprint density at radius 3 is 2.57 bits per heavy atom. The second-order valence-corrected chi connectivity index (χ2v) is 10.6. The number of nitrogens with one attached hydrogen (secondary N) is 1. The van der Waals surface area contributed by atoms with Crippen LogP contribution < -0.4 is 5.32 Å². The predicted octanol–water partition coefficient (Wildman–Crippen LogP) is 2.65. The van der Waals surface area contributed by atoms with Crippen molar-refractivity contribution in [2.24, 2.45) is 5.92 Å². The molecule has 0 aliphatic heterocycles. The highest BCUT2D eigenvalue weighted by molar-refractivity contribution is 7.91. The minimum atomic E-state index is -3.33. The van der Waals surface area contributed by atoms with Gasteiger partial charge in [0.25, 0.3) is 0 Å². The molecule has 0 saturated heterocycles. The van der Waals surface area contributed by atoms with Crippen LogP contribution in [0.2, 0.25) is 0 Å². The van der Waals surface area contributed by atoms with E-state index in [2.05, 4.69) is 10.3 Å². The van der Waals surface area contributed by atoms with Gasteiger partial charge in [-0.15, -0.1) is 0 Å². The number of aliphatic hydroxyl groups excluding tert-OH is 2. The van der Waals surface area contributed by atoms with Crippen LogP contribution in [0.25, 0.3) is 10.2 Å². The summed E-state index contributed by atoms with van der Waals surface area (Å²) in [5.74, 6) is 0.134. The molecule has 0 unspecified atom stereocenters. The SMILES string of the molecule is O=C(Cc1cccc(S(=O)(=O)CC2CC2)c1)Nc1nc2cc(CO)c(CO)cc2s1. The van der Waals surface area contributed by atoms with Crippen molar-refractivity contribution in [2.45, 2.75) is 37.4 Å². The van der Waals surface area contributed by atoms with Crippen LogP contribution in [0, 0.1) is 5.92 Å². The molecule has 9 heteroatoms. The number of nitrogens with zero attached hydrogens (tertiary/aromatic N) is 1. The van der Waals surface area contributed by atoms with Crippen LogP contribution in [-0.4, -0.2) is 35.3 Å². The molecule has 158 valence electrons. The first-order valence-electron chi connectivity index (χ1n) is 9.63. The lowest BCUT2D eigenvalue weighted by molar-refractivity contribution is -0.115. The fraction of sp³-hybridized carbons (Fsp3) is 0.333. The van der Waals surface area contributed by atoms with Gasteiger partial charge in [0.1, 0.15) is 0 Å². The van der Waals surface area contributed by atoms with Gasteiger partial charge in [-0.1, -0.05) is 23.5 Å². The standard InChI is InChI=1S/C21H22N2O5S2/c24-10-15-8-18-19(9-16(15)11-25)29-21(22-18)23-20(26)7-14-2-1-3-17(6-14)30(27,28)12-13-4-5-13/h1-3,6,8-9,13,24-25H,4-5,7,10-12H2,(H,22,23,26). The summed E-state index contributed by atoms with van der Waals surface area (Å²) >= 11 is 1.27. The molecule has 0 atom stereocenters. The molecule has 7 nitrogen and oxygen atoms in total. The highest BCUT2D eigenvalue weighted by atomic mass is 32.2. The fourth-order valence-electron chi connectivity index (χ4n) is 3.30. The van der Waals surface area contributed by atoms with Gasteiger partial charge < -0.3 is 15.5 Å². The minimum Gasteiger partial charge on any atom is -0.392 e. The third kappa shape index (κ3) is 4.70. The van der Waals surface area contributed by atoms with Crippen LogP contribution in [0.15, 0.2) is 41.3 Å². The second kappa shape index (κ2) is 8.43. The molecule has 2 aromatic carbocycles. The summed E-state index contributed by atoms with van der Waals surface area (Å²) in [4.78, 5) is 17.1. The molecule has 0 bridgehead atoms. The van der Waals surface area contributed by atoms with Gasteiger partial charge in [-0.25, -0.2) is 13.4 Å². The monoisotopic (exact) mass is 446 g/mol. The van der Waals surface area contributed by atoms with E-state index in [1.165, 1.54) is 11.3 Å². The maximum Gasteiger partial charge on any atom is 0.230 e. The maximum atomic E-state index is 12.5.